The summed E-state index contributed by atoms with van der Waals surface area (Å²) >= 11 is 0. The molecule has 67 valence electrons. The second kappa shape index (κ2) is 7.98. The van der Waals surface area contributed by atoms with E-state index < -0.39 is 0 Å². The quantitative estimate of drug-likeness (QED) is 0.445. The maximum atomic E-state index is 5.22. The fourth-order valence-electron chi connectivity index (χ4n) is 0.607. The van der Waals surface area contributed by atoms with Crippen molar-refractivity contribution < 1.29 is 9.47 Å². The molecule has 0 rings (SSSR count). The molecule has 1 unspecified atom stereocenters. The summed E-state index contributed by atoms with van der Waals surface area (Å²) in [6.45, 7) is 7.51. The van der Waals surface area contributed by atoms with Gasteiger partial charge in [0.05, 0.1) is 6.61 Å². The maximum absolute atomic E-state index is 5.22. The van der Waals surface area contributed by atoms with Gasteiger partial charge in [-0.2, -0.15) is 0 Å². The Balaban J connectivity index is 3.02. The van der Waals surface area contributed by atoms with Crippen LogP contribution in [-0.2, 0) is 9.47 Å². The molecule has 0 fully saturated rings. The Morgan fingerprint density at radius 1 is 1.36 bits per heavy atom. The van der Waals surface area contributed by atoms with Crippen molar-refractivity contribution in [3.8, 4) is 0 Å². The van der Waals surface area contributed by atoms with Crippen molar-refractivity contribution in [3.05, 3.63) is 6.92 Å². The lowest BCUT2D eigenvalue weighted by Gasteiger charge is -2.12. The molecule has 0 aliphatic heterocycles. The van der Waals surface area contributed by atoms with Gasteiger partial charge in [0.2, 0.25) is 0 Å². The molecule has 0 aliphatic carbocycles. The molecule has 0 saturated heterocycles. The van der Waals surface area contributed by atoms with Crippen LogP contribution >= 0.6 is 0 Å². The van der Waals surface area contributed by atoms with Crippen LogP contribution in [0.25, 0.3) is 0 Å². The molecule has 0 saturated carbocycles. The Morgan fingerprint density at radius 3 is 2.55 bits per heavy atom. The van der Waals surface area contributed by atoms with Gasteiger partial charge in [-0.3, -0.25) is 0 Å². The SMILES string of the molecule is [CH2]C(OCCN)OCCCC. The molecule has 3 heteroatoms. The molecule has 2 N–H and O–H groups in total. The Labute approximate surface area is 68.9 Å². The van der Waals surface area contributed by atoms with Gasteiger partial charge in [-0.15, -0.1) is 0 Å². The van der Waals surface area contributed by atoms with E-state index in [9.17, 15) is 0 Å². The number of nitrogens with two attached hydrogens (primary N) is 1. The summed E-state index contributed by atoms with van der Waals surface area (Å²) in [5.41, 5.74) is 5.22. The highest BCUT2D eigenvalue weighted by Crippen LogP contribution is 1.95. The van der Waals surface area contributed by atoms with Gasteiger partial charge >= 0.3 is 0 Å². The van der Waals surface area contributed by atoms with Crippen LogP contribution in [0.15, 0.2) is 0 Å². The molecule has 0 bridgehead atoms. The molecule has 0 aromatic rings. The minimum absolute atomic E-state index is 0.356. The van der Waals surface area contributed by atoms with E-state index in [1.54, 1.807) is 0 Å². The number of hydrogen-bond acceptors (Lipinski definition) is 3. The van der Waals surface area contributed by atoms with Crippen LogP contribution in [0.4, 0.5) is 0 Å². The zero-order valence-electron chi connectivity index (χ0n) is 7.21. The molecule has 0 spiro atoms. The predicted octanol–water partition coefficient (Wildman–Crippen LogP) is 0.939. The average Bonchev–Trinajstić information content (AvgIpc) is 2.01. The first-order valence-electron chi connectivity index (χ1n) is 4.07. The van der Waals surface area contributed by atoms with Gasteiger partial charge in [-0.1, -0.05) is 13.3 Å². The van der Waals surface area contributed by atoms with Gasteiger partial charge < -0.3 is 15.2 Å². The van der Waals surface area contributed by atoms with E-state index in [0.29, 0.717) is 13.2 Å². The Hall–Kier alpha value is -0.120. The third-order valence-electron chi connectivity index (χ3n) is 1.22. The Kier molecular flexibility index (Phi) is 7.89. The molecular weight excluding hydrogens is 142 g/mol. The summed E-state index contributed by atoms with van der Waals surface area (Å²) in [7, 11) is 0. The summed E-state index contributed by atoms with van der Waals surface area (Å²) in [4.78, 5) is 0. The normalized spacial score (nSPS) is 13.4. The van der Waals surface area contributed by atoms with Crippen molar-refractivity contribution in [1.29, 1.82) is 0 Å². The molecule has 0 aromatic carbocycles. The first kappa shape index (κ1) is 10.9. The van der Waals surface area contributed by atoms with E-state index in [-0.39, 0.29) is 6.29 Å². The van der Waals surface area contributed by atoms with E-state index in [1.165, 1.54) is 0 Å². The smallest absolute Gasteiger partial charge is 0.157 e. The van der Waals surface area contributed by atoms with Gasteiger partial charge in [0, 0.05) is 20.1 Å². The average molecular weight is 160 g/mol. The topological polar surface area (TPSA) is 44.5 Å². The second-order valence-electron chi connectivity index (χ2n) is 2.31. The third kappa shape index (κ3) is 7.78. The molecule has 0 heterocycles. The summed E-state index contributed by atoms with van der Waals surface area (Å²) < 4.78 is 10.3. The van der Waals surface area contributed by atoms with E-state index in [4.69, 9.17) is 15.2 Å². The summed E-state index contributed by atoms with van der Waals surface area (Å²) in [6.07, 6.45) is 1.83. The zero-order valence-corrected chi connectivity index (χ0v) is 7.21. The lowest BCUT2D eigenvalue weighted by molar-refractivity contribution is -0.111. The highest BCUT2D eigenvalue weighted by molar-refractivity contribution is 4.46. The predicted molar refractivity (Wildman–Crippen MR) is 45.0 cm³/mol. The van der Waals surface area contributed by atoms with Crippen LogP contribution in [0.1, 0.15) is 19.8 Å². The Bertz CT molecular complexity index is 78.5. The summed E-state index contributed by atoms with van der Waals surface area (Å²) in [5.74, 6) is 0. The highest BCUT2D eigenvalue weighted by atomic mass is 16.7. The molecule has 3 nitrogen and oxygen atoms in total. The van der Waals surface area contributed by atoms with Crippen molar-refractivity contribution in [3.63, 3.8) is 0 Å². The van der Waals surface area contributed by atoms with Crippen LogP contribution < -0.4 is 5.73 Å². The highest BCUT2D eigenvalue weighted by Gasteiger charge is 1.99. The Morgan fingerprint density at radius 2 is 2.00 bits per heavy atom. The number of unbranched alkanes of at least 4 members (excludes halogenated alkanes) is 1. The molecule has 0 aliphatic rings. The van der Waals surface area contributed by atoms with Crippen molar-refractivity contribution in [2.45, 2.75) is 26.1 Å². The van der Waals surface area contributed by atoms with Gasteiger partial charge in [-0.05, 0) is 6.42 Å². The van der Waals surface area contributed by atoms with E-state index in [1.807, 2.05) is 0 Å². The number of rotatable bonds is 7. The molecule has 1 radical (unpaired) electrons. The fourth-order valence-corrected chi connectivity index (χ4v) is 0.607. The third-order valence-corrected chi connectivity index (χ3v) is 1.22. The van der Waals surface area contributed by atoms with E-state index >= 15 is 0 Å². The molecule has 0 aromatic heterocycles. The molecule has 11 heavy (non-hydrogen) atoms. The van der Waals surface area contributed by atoms with Gasteiger partial charge in [-0.25, -0.2) is 0 Å². The van der Waals surface area contributed by atoms with E-state index in [2.05, 4.69) is 13.8 Å². The van der Waals surface area contributed by atoms with Crippen molar-refractivity contribution >= 4 is 0 Å². The van der Waals surface area contributed by atoms with Crippen LogP contribution in [-0.4, -0.2) is 26.0 Å². The van der Waals surface area contributed by atoms with Crippen molar-refractivity contribution in [1.82, 2.24) is 0 Å². The molecule has 1 atom stereocenters. The lowest BCUT2D eigenvalue weighted by atomic mass is 10.4. The summed E-state index contributed by atoms with van der Waals surface area (Å²) in [5, 5.41) is 0. The number of hydrogen-bond donors (Lipinski definition) is 1. The van der Waals surface area contributed by atoms with Gasteiger partial charge in [0.15, 0.2) is 6.29 Å². The first-order chi connectivity index (χ1) is 5.31. The van der Waals surface area contributed by atoms with Gasteiger partial charge in [0.25, 0.3) is 0 Å². The molecular formula is C8H18NO2. The van der Waals surface area contributed by atoms with Crippen LogP contribution in [0, 0.1) is 6.92 Å². The van der Waals surface area contributed by atoms with E-state index in [0.717, 1.165) is 19.4 Å². The van der Waals surface area contributed by atoms with Crippen LogP contribution in [0.2, 0.25) is 0 Å². The standard InChI is InChI=1S/C8H18NO2/c1-3-4-6-10-8(2)11-7-5-9/h8H,2-7,9H2,1H3. The van der Waals surface area contributed by atoms with Crippen molar-refractivity contribution in [2.75, 3.05) is 19.8 Å². The second-order valence-corrected chi connectivity index (χ2v) is 2.31. The minimum Gasteiger partial charge on any atom is -0.353 e. The molecule has 0 amide bonds. The number of ether oxygens (including phenoxy) is 2. The minimum atomic E-state index is -0.356. The first-order valence-corrected chi connectivity index (χ1v) is 4.07. The van der Waals surface area contributed by atoms with Crippen LogP contribution in [0.5, 0.6) is 0 Å². The maximum Gasteiger partial charge on any atom is 0.157 e. The zero-order chi connectivity index (χ0) is 8.53. The lowest BCUT2D eigenvalue weighted by Crippen LogP contribution is -2.18. The summed E-state index contributed by atoms with van der Waals surface area (Å²) in [6, 6.07) is 0. The largest absolute Gasteiger partial charge is 0.353 e. The fraction of sp³-hybridized carbons (Fsp3) is 0.875. The van der Waals surface area contributed by atoms with Crippen LogP contribution in [0.3, 0.4) is 0 Å². The van der Waals surface area contributed by atoms with Gasteiger partial charge in [0.1, 0.15) is 0 Å². The van der Waals surface area contributed by atoms with Crippen molar-refractivity contribution in [2.24, 2.45) is 5.73 Å². The monoisotopic (exact) mass is 160 g/mol.